The molecule has 0 bridgehead atoms. The average Bonchev–Trinajstić information content (AvgIpc) is 2.30. The van der Waals surface area contributed by atoms with Crippen LogP contribution >= 0.6 is 0 Å². The van der Waals surface area contributed by atoms with Crippen LogP contribution in [0.1, 0.15) is 19.3 Å². The van der Waals surface area contributed by atoms with E-state index in [9.17, 15) is 4.79 Å². The Kier molecular flexibility index (Phi) is 3.16. The van der Waals surface area contributed by atoms with Crippen LogP contribution < -0.4 is 10.7 Å². The van der Waals surface area contributed by atoms with Crippen molar-refractivity contribution in [1.29, 1.82) is 0 Å². The van der Waals surface area contributed by atoms with Gasteiger partial charge in [0.2, 0.25) is 0 Å². The Balaban J connectivity index is 2.36. The molecule has 0 unspecified atom stereocenters. The van der Waals surface area contributed by atoms with Gasteiger partial charge in [-0.3, -0.25) is 5.01 Å². The van der Waals surface area contributed by atoms with E-state index >= 15 is 0 Å². The molecule has 0 aliphatic carbocycles. The molecular formula is C7H15N3O. The van der Waals surface area contributed by atoms with E-state index in [0.717, 1.165) is 25.9 Å². The molecule has 11 heavy (non-hydrogen) atoms. The number of urea groups is 1. The van der Waals surface area contributed by atoms with E-state index in [0.29, 0.717) is 0 Å². The number of carbonyl (C=O) groups excluding carboxylic acids is 1. The molecule has 0 saturated carbocycles. The van der Waals surface area contributed by atoms with Crippen LogP contribution in [0.4, 0.5) is 4.79 Å². The SMILES string of the molecule is CNC(=O)N1CCCCCN1. The predicted octanol–water partition coefficient (Wildman–Crippen LogP) is 0.316. The van der Waals surface area contributed by atoms with Crippen molar-refractivity contribution in [1.82, 2.24) is 15.8 Å². The van der Waals surface area contributed by atoms with Crippen molar-refractivity contribution in [2.45, 2.75) is 19.3 Å². The molecule has 4 heteroatoms. The van der Waals surface area contributed by atoms with Gasteiger partial charge in [-0.15, -0.1) is 0 Å². The summed E-state index contributed by atoms with van der Waals surface area (Å²) in [5, 5.41) is 4.23. The summed E-state index contributed by atoms with van der Waals surface area (Å²) in [6.07, 6.45) is 3.47. The lowest BCUT2D eigenvalue weighted by molar-refractivity contribution is 0.177. The van der Waals surface area contributed by atoms with Crippen molar-refractivity contribution < 1.29 is 4.79 Å². The van der Waals surface area contributed by atoms with E-state index in [1.807, 2.05) is 0 Å². The molecule has 0 aromatic rings. The first kappa shape index (κ1) is 8.33. The molecule has 0 radical (unpaired) electrons. The second-order valence-electron chi connectivity index (χ2n) is 2.68. The highest BCUT2D eigenvalue weighted by Crippen LogP contribution is 2.01. The van der Waals surface area contributed by atoms with Crippen LogP contribution in [0.5, 0.6) is 0 Å². The Labute approximate surface area is 66.9 Å². The molecule has 1 aliphatic heterocycles. The minimum absolute atomic E-state index is 0.0353. The molecule has 1 fully saturated rings. The van der Waals surface area contributed by atoms with Crippen molar-refractivity contribution in [3.8, 4) is 0 Å². The molecule has 1 rings (SSSR count). The quantitative estimate of drug-likeness (QED) is 0.531. The number of hydrazine groups is 1. The molecule has 1 heterocycles. The fourth-order valence-electron chi connectivity index (χ4n) is 1.17. The molecule has 0 spiro atoms. The summed E-state index contributed by atoms with van der Waals surface area (Å²) >= 11 is 0. The highest BCUT2D eigenvalue weighted by Gasteiger charge is 2.12. The number of nitrogens with one attached hydrogen (secondary N) is 2. The Morgan fingerprint density at radius 1 is 1.45 bits per heavy atom. The molecule has 64 valence electrons. The summed E-state index contributed by atoms with van der Waals surface area (Å²) in [4.78, 5) is 11.1. The molecule has 1 saturated heterocycles. The third-order valence-electron chi connectivity index (χ3n) is 1.82. The van der Waals surface area contributed by atoms with Crippen LogP contribution in [0, 0.1) is 0 Å². The Morgan fingerprint density at radius 3 is 3.00 bits per heavy atom. The zero-order chi connectivity index (χ0) is 8.10. The van der Waals surface area contributed by atoms with Crippen LogP contribution in [0.2, 0.25) is 0 Å². The molecule has 0 aromatic carbocycles. The fourth-order valence-corrected chi connectivity index (χ4v) is 1.17. The second kappa shape index (κ2) is 4.18. The van der Waals surface area contributed by atoms with Gasteiger partial charge in [0.15, 0.2) is 0 Å². The first-order valence-corrected chi connectivity index (χ1v) is 4.07. The van der Waals surface area contributed by atoms with Gasteiger partial charge in [0.05, 0.1) is 0 Å². The summed E-state index contributed by atoms with van der Waals surface area (Å²) in [5.41, 5.74) is 3.05. The summed E-state index contributed by atoms with van der Waals surface area (Å²) in [6.45, 7) is 1.73. The number of nitrogens with zero attached hydrogens (tertiary/aromatic N) is 1. The minimum Gasteiger partial charge on any atom is -0.340 e. The van der Waals surface area contributed by atoms with Crippen molar-refractivity contribution in [2.24, 2.45) is 0 Å². The number of amides is 2. The van der Waals surface area contributed by atoms with Crippen LogP contribution in [0.25, 0.3) is 0 Å². The van der Waals surface area contributed by atoms with Crippen molar-refractivity contribution in [3.63, 3.8) is 0 Å². The van der Waals surface area contributed by atoms with Crippen LogP contribution in [0.3, 0.4) is 0 Å². The molecule has 0 aromatic heterocycles. The first-order chi connectivity index (χ1) is 5.34. The first-order valence-electron chi connectivity index (χ1n) is 4.07. The largest absolute Gasteiger partial charge is 0.340 e. The van der Waals surface area contributed by atoms with E-state index in [1.54, 1.807) is 12.1 Å². The smallest absolute Gasteiger partial charge is 0.331 e. The van der Waals surface area contributed by atoms with Gasteiger partial charge < -0.3 is 5.32 Å². The summed E-state index contributed by atoms with van der Waals surface area (Å²) in [6, 6.07) is -0.0353. The van der Waals surface area contributed by atoms with Crippen molar-refractivity contribution in [3.05, 3.63) is 0 Å². The zero-order valence-corrected chi connectivity index (χ0v) is 6.89. The summed E-state index contributed by atoms with van der Waals surface area (Å²) in [5.74, 6) is 0. The second-order valence-corrected chi connectivity index (χ2v) is 2.68. The Hall–Kier alpha value is -0.770. The van der Waals surface area contributed by atoms with Gasteiger partial charge in [-0.25, -0.2) is 10.2 Å². The van der Waals surface area contributed by atoms with Crippen LogP contribution in [-0.4, -0.2) is 31.2 Å². The summed E-state index contributed by atoms with van der Waals surface area (Å²) in [7, 11) is 1.65. The molecule has 2 amide bonds. The van der Waals surface area contributed by atoms with Gasteiger partial charge in [0, 0.05) is 20.1 Å². The molecule has 0 atom stereocenters. The van der Waals surface area contributed by atoms with E-state index in [2.05, 4.69) is 10.7 Å². The van der Waals surface area contributed by atoms with E-state index in [-0.39, 0.29) is 6.03 Å². The third-order valence-corrected chi connectivity index (χ3v) is 1.82. The Morgan fingerprint density at radius 2 is 2.27 bits per heavy atom. The molecular weight excluding hydrogens is 142 g/mol. The third kappa shape index (κ3) is 2.38. The van der Waals surface area contributed by atoms with Gasteiger partial charge in [-0.2, -0.15) is 0 Å². The van der Waals surface area contributed by atoms with Gasteiger partial charge in [0.25, 0.3) is 0 Å². The van der Waals surface area contributed by atoms with E-state index < -0.39 is 0 Å². The maximum absolute atomic E-state index is 11.1. The monoisotopic (exact) mass is 157 g/mol. The van der Waals surface area contributed by atoms with Crippen molar-refractivity contribution >= 4 is 6.03 Å². The van der Waals surface area contributed by atoms with Gasteiger partial charge in [-0.1, -0.05) is 6.42 Å². The van der Waals surface area contributed by atoms with Gasteiger partial charge in [-0.05, 0) is 12.8 Å². The standard InChI is InChI=1S/C7H15N3O/c1-8-7(11)10-6-4-2-3-5-9-10/h9H,2-6H2,1H3,(H,8,11). The predicted molar refractivity (Wildman–Crippen MR) is 43.0 cm³/mol. The lowest BCUT2D eigenvalue weighted by Crippen LogP contribution is -2.46. The van der Waals surface area contributed by atoms with Crippen LogP contribution in [0.15, 0.2) is 0 Å². The fraction of sp³-hybridized carbons (Fsp3) is 0.857. The minimum atomic E-state index is -0.0353. The number of hydrogen-bond acceptors (Lipinski definition) is 2. The highest BCUT2D eigenvalue weighted by molar-refractivity contribution is 5.73. The highest BCUT2D eigenvalue weighted by atomic mass is 16.2. The maximum atomic E-state index is 11.1. The van der Waals surface area contributed by atoms with E-state index in [1.165, 1.54) is 6.42 Å². The molecule has 1 aliphatic rings. The lowest BCUT2D eigenvalue weighted by atomic mass is 10.2. The summed E-state index contributed by atoms with van der Waals surface area (Å²) < 4.78 is 0. The van der Waals surface area contributed by atoms with Crippen LogP contribution in [-0.2, 0) is 0 Å². The lowest BCUT2D eigenvalue weighted by Gasteiger charge is -2.19. The average molecular weight is 157 g/mol. The number of carbonyl (C=O) groups is 1. The van der Waals surface area contributed by atoms with Gasteiger partial charge in [0.1, 0.15) is 0 Å². The molecule has 4 nitrogen and oxygen atoms in total. The zero-order valence-electron chi connectivity index (χ0n) is 6.89. The topological polar surface area (TPSA) is 44.4 Å². The number of hydrogen-bond donors (Lipinski definition) is 2. The van der Waals surface area contributed by atoms with E-state index in [4.69, 9.17) is 0 Å². The maximum Gasteiger partial charge on any atom is 0.331 e. The van der Waals surface area contributed by atoms with Crippen molar-refractivity contribution in [2.75, 3.05) is 20.1 Å². The molecule has 2 N–H and O–H groups in total. The number of rotatable bonds is 0. The Bertz CT molecular complexity index is 130. The normalized spacial score (nSPS) is 19.2. The van der Waals surface area contributed by atoms with Gasteiger partial charge >= 0.3 is 6.03 Å².